The van der Waals surface area contributed by atoms with Gasteiger partial charge < -0.3 is 15.7 Å². The van der Waals surface area contributed by atoms with Crippen LogP contribution in [0.3, 0.4) is 0 Å². The van der Waals surface area contributed by atoms with E-state index >= 15 is 0 Å². The molecule has 0 spiro atoms. The molecule has 1 aliphatic heterocycles. The number of carbonyl (C=O) groups excluding carboxylic acids is 1. The number of hydrogen-bond donors (Lipinski definition) is 3. The molecule has 3 N–H and O–H groups in total. The van der Waals surface area contributed by atoms with Crippen molar-refractivity contribution < 1.29 is 9.90 Å². The van der Waals surface area contributed by atoms with Crippen LogP contribution < -0.4 is 10.6 Å². The molecule has 0 aliphatic carbocycles. The van der Waals surface area contributed by atoms with Gasteiger partial charge in [0.25, 0.3) is 5.91 Å². The Kier molecular flexibility index (Phi) is 4.00. The average molecular weight is 296 g/mol. The average Bonchev–Trinajstić information content (AvgIpc) is 2.88. The quantitative estimate of drug-likeness (QED) is 0.794. The summed E-state index contributed by atoms with van der Waals surface area (Å²) >= 11 is 0. The number of carbonyl (C=O) groups is 1. The Morgan fingerprint density at radius 1 is 1.23 bits per heavy atom. The number of hydrogen-bond acceptors (Lipinski definition) is 3. The summed E-state index contributed by atoms with van der Waals surface area (Å²) in [5.41, 5.74) is 4.02. The van der Waals surface area contributed by atoms with Gasteiger partial charge in [-0.3, -0.25) is 4.79 Å². The summed E-state index contributed by atoms with van der Waals surface area (Å²) in [5.74, 6) is 0.307. The van der Waals surface area contributed by atoms with Crippen molar-refractivity contribution in [1.29, 1.82) is 0 Å². The highest BCUT2D eigenvalue weighted by molar-refractivity contribution is 5.99. The first kappa shape index (κ1) is 14.4. The van der Waals surface area contributed by atoms with Gasteiger partial charge in [-0.15, -0.1) is 0 Å². The molecule has 1 amide bonds. The standard InChI is InChI=1S/C18H20N2O2/c1-12(2-3-13-4-8-16(21)9-5-13)20-15-7-6-14-11-19-18(22)17(14)10-15/h4-10,12,20-21H,2-3,11H2,1H3,(H,19,22). The third-order valence-corrected chi connectivity index (χ3v) is 4.01. The van der Waals surface area contributed by atoms with Crippen LogP contribution in [0.4, 0.5) is 5.69 Å². The number of amides is 1. The second-order valence-corrected chi connectivity index (χ2v) is 5.81. The normalized spacial score (nSPS) is 14.3. The van der Waals surface area contributed by atoms with E-state index in [1.807, 2.05) is 30.3 Å². The summed E-state index contributed by atoms with van der Waals surface area (Å²) in [7, 11) is 0. The van der Waals surface area contributed by atoms with Crippen molar-refractivity contribution in [3.63, 3.8) is 0 Å². The molecule has 1 atom stereocenters. The highest BCUT2D eigenvalue weighted by Crippen LogP contribution is 2.21. The van der Waals surface area contributed by atoms with Crippen LogP contribution >= 0.6 is 0 Å². The maximum Gasteiger partial charge on any atom is 0.251 e. The zero-order valence-corrected chi connectivity index (χ0v) is 12.6. The number of nitrogens with one attached hydrogen (secondary N) is 2. The Bertz CT molecular complexity index is 680. The van der Waals surface area contributed by atoms with Crippen LogP contribution in [0.2, 0.25) is 0 Å². The molecule has 1 heterocycles. The lowest BCUT2D eigenvalue weighted by Gasteiger charge is -2.16. The lowest BCUT2D eigenvalue weighted by molar-refractivity contribution is 0.0966. The Morgan fingerprint density at radius 3 is 2.77 bits per heavy atom. The van der Waals surface area contributed by atoms with Crippen LogP contribution in [0.5, 0.6) is 5.75 Å². The maximum absolute atomic E-state index is 11.7. The fraction of sp³-hybridized carbons (Fsp3) is 0.278. The monoisotopic (exact) mass is 296 g/mol. The third-order valence-electron chi connectivity index (χ3n) is 4.01. The van der Waals surface area contributed by atoms with Gasteiger partial charge in [0.1, 0.15) is 5.75 Å². The molecule has 114 valence electrons. The Hall–Kier alpha value is -2.49. The smallest absolute Gasteiger partial charge is 0.251 e. The Labute approximate surface area is 130 Å². The van der Waals surface area contributed by atoms with Gasteiger partial charge in [-0.1, -0.05) is 18.2 Å². The van der Waals surface area contributed by atoms with E-state index in [4.69, 9.17) is 0 Å². The van der Waals surface area contributed by atoms with Gasteiger partial charge in [-0.2, -0.15) is 0 Å². The molecule has 0 bridgehead atoms. The molecule has 2 aromatic carbocycles. The van der Waals surface area contributed by atoms with Crippen molar-refractivity contribution in [2.24, 2.45) is 0 Å². The second kappa shape index (κ2) is 6.10. The molecule has 4 heteroatoms. The number of phenolic OH excluding ortho intramolecular Hbond substituents is 1. The number of anilines is 1. The number of aromatic hydroxyl groups is 1. The van der Waals surface area contributed by atoms with Crippen LogP contribution in [0.15, 0.2) is 42.5 Å². The van der Waals surface area contributed by atoms with Gasteiger partial charge in [0.15, 0.2) is 0 Å². The number of aryl methyl sites for hydroxylation is 1. The van der Waals surface area contributed by atoms with Gasteiger partial charge in [-0.05, 0) is 55.2 Å². The molecule has 22 heavy (non-hydrogen) atoms. The Balaban J connectivity index is 1.58. The molecule has 4 nitrogen and oxygen atoms in total. The van der Waals surface area contributed by atoms with Crippen LogP contribution in [0.1, 0.15) is 34.8 Å². The molecular formula is C18H20N2O2. The van der Waals surface area contributed by atoms with Gasteiger partial charge in [0.2, 0.25) is 0 Å². The predicted octanol–water partition coefficient (Wildman–Crippen LogP) is 3.07. The minimum absolute atomic E-state index is 0.00963. The number of fused-ring (bicyclic) bond motifs is 1. The van der Waals surface area contributed by atoms with Crippen molar-refractivity contribution in [3.8, 4) is 5.75 Å². The number of phenols is 1. The summed E-state index contributed by atoms with van der Waals surface area (Å²) in [5, 5.41) is 15.6. The SMILES string of the molecule is CC(CCc1ccc(O)cc1)Nc1ccc2c(c1)C(=O)NC2. The largest absolute Gasteiger partial charge is 0.508 e. The second-order valence-electron chi connectivity index (χ2n) is 5.81. The van der Waals surface area contributed by atoms with E-state index in [1.54, 1.807) is 12.1 Å². The van der Waals surface area contributed by atoms with Crippen LogP contribution in [0, 0.1) is 0 Å². The highest BCUT2D eigenvalue weighted by atomic mass is 16.3. The lowest BCUT2D eigenvalue weighted by atomic mass is 10.0. The first-order valence-electron chi connectivity index (χ1n) is 7.57. The molecular weight excluding hydrogens is 276 g/mol. The third kappa shape index (κ3) is 3.22. The first-order chi connectivity index (χ1) is 10.6. The van der Waals surface area contributed by atoms with Gasteiger partial charge >= 0.3 is 0 Å². The summed E-state index contributed by atoms with van der Waals surface area (Å²) in [6.45, 7) is 2.76. The topological polar surface area (TPSA) is 61.4 Å². The minimum atomic E-state index is 0.00963. The van der Waals surface area contributed by atoms with Crippen molar-refractivity contribution in [3.05, 3.63) is 59.2 Å². The molecule has 1 unspecified atom stereocenters. The fourth-order valence-corrected chi connectivity index (χ4v) is 2.70. The van der Waals surface area contributed by atoms with E-state index in [0.717, 1.165) is 29.7 Å². The Morgan fingerprint density at radius 2 is 2.00 bits per heavy atom. The first-order valence-corrected chi connectivity index (χ1v) is 7.57. The van der Waals surface area contributed by atoms with Crippen LogP contribution in [-0.4, -0.2) is 17.1 Å². The summed E-state index contributed by atoms with van der Waals surface area (Å²) in [4.78, 5) is 11.7. The predicted molar refractivity (Wildman–Crippen MR) is 87.1 cm³/mol. The number of benzene rings is 2. The van der Waals surface area contributed by atoms with Gasteiger partial charge in [0, 0.05) is 23.8 Å². The van der Waals surface area contributed by atoms with E-state index in [0.29, 0.717) is 18.3 Å². The van der Waals surface area contributed by atoms with Gasteiger partial charge in [0.05, 0.1) is 0 Å². The molecule has 2 aromatic rings. The van der Waals surface area contributed by atoms with E-state index in [1.165, 1.54) is 5.56 Å². The van der Waals surface area contributed by atoms with E-state index in [-0.39, 0.29) is 5.91 Å². The van der Waals surface area contributed by atoms with E-state index in [2.05, 4.69) is 17.6 Å². The van der Waals surface area contributed by atoms with Crippen molar-refractivity contribution in [2.45, 2.75) is 32.4 Å². The lowest BCUT2D eigenvalue weighted by Crippen LogP contribution is -2.16. The van der Waals surface area contributed by atoms with E-state index in [9.17, 15) is 9.90 Å². The molecule has 0 fully saturated rings. The van der Waals surface area contributed by atoms with Crippen LogP contribution in [0.25, 0.3) is 0 Å². The molecule has 1 aliphatic rings. The highest BCUT2D eigenvalue weighted by Gasteiger charge is 2.18. The molecule has 0 saturated heterocycles. The minimum Gasteiger partial charge on any atom is -0.508 e. The van der Waals surface area contributed by atoms with Gasteiger partial charge in [-0.25, -0.2) is 0 Å². The van der Waals surface area contributed by atoms with Crippen molar-refractivity contribution >= 4 is 11.6 Å². The molecule has 0 radical (unpaired) electrons. The number of rotatable bonds is 5. The molecule has 3 rings (SSSR count). The summed E-state index contributed by atoms with van der Waals surface area (Å²) < 4.78 is 0. The fourth-order valence-electron chi connectivity index (χ4n) is 2.70. The van der Waals surface area contributed by atoms with Crippen molar-refractivity contribution in [2.75, 3.05) is 5.32 Å². The maximum atomic E-state index is 11.7. The van der Waals surface area contributed by atoms with E-state index < -0.39 is 0 Å². The summed E-state index contributed by atoms with van der Waals surface area (Å²) in [6, 6.07) is 13.6. The molecule has 0 aromatic heterocycles. The zero-order chi connectivity index (χ0) is 15.5. The zero-order valence-electron chi connectivity index (χ0n) is 12.6. The van der Waals surface area contributed by atoms with Crippen LogP contribution in [-0.2, 0) is 13.0 Å². The molecule has 0 saturated carbocycles. The van der Waals surface area contributed by atoms with Crippen molar-refractivity contribution in [1.82, 2.24) is 5.32 Å². The summed E-state index contributed by atoms with van der Waals surface area (Å²) in [6.07, 6.45) is 1.92.